The number of anilines is 1. The number of hydrogen-bond acceptors (Lipinski definition) is 4. The standard InChI is InChI=1S/C18H17ClN2OS.BrH/c19-15-8-4-9-16(12-15)21(18-20-10-5-11-23-18)13-17(22)14-6-2-1-3-7-14;/h1-4,6-9,12H,5,10-11,13H2;1H. The van der Waals surface area contributed by atoms with Crippen molar-refractivity contribution < 1.29 is 4.79 Å². The molecule has 0 radical (unpaired) electrons. The zero-order chi connectivity index (χ0) is 16.1. The number of halogens is 2. The van der Waals surface area contributed by atoms with Crippen molar-refractivity contribution in [2.45, 2.75) is 6.42 Å². The number of Topliss-reactive ketones (excluding diaryl/α,β-unsaturated/α-hetero) is 1. The van der Waals surface area contributed by atoms with Crippen LogP contribution in [0.4, 0.5) is 5.69 Å². The summed E-state index contributed by atoms with van der Waals surface area (Å²) in [7, 11) is 0. The summed E-state index contributed by atoms with van der Waals surface area (Å²) in [5.74, 6) is 1.09. The average molecular weight is 426 g/mol. The molecule has 0 amide bonds. The van der Waals surface area contributed by atoms with Crippen molar-refractivity contribution in [2.75, 3.05) is 23.7 Å². The van der Waals surface area contributed by atoms with Crippen molar-refractivity contribution in [2.24, 2.45) is 4.99 Å². The van der Waals surface area contributed by atoms with E-state index in [1.54, 1.807) is 11.8 Å². The summed E-state index contributed by atoms with van der Waals surface area (Å²) in [5.41, 5.74) is 1.61. The summed E-state index contributed by atoms with van der Waals surface area (Å²) in [6.45, 7) is 1.06. The fourth-order valence-corrected chi connectivity index (χ4v) is 3.53. The van der Waals surface area contributed by atoms with E-state index in [0.717, 1.165) is 29.6 Å². The number of carbonyl (C=O) groups excluding carboxylic acids is 1. The number of aliphatic imine (C=N–C) groups is 1. The van der Waals surface area contributed by atoms with Gasteiger partial charge >= 0.3 is 0 Å². The van der Waals surface area contributed by atoms with Crippen molar-refractivity contribution in [3.63, 3.8) is 0 Å². The van der Waals surface area contributed by atoms with Gasteiger partial charge in [-0.2, -0.15) is 0 Å². The van der Waals surface area contributed by atoms with Gasteiger partial charge in [0.15, 0.2) is 11.0 Å². The Balaban J connectivity index is 0.00000208. The molecule has 0 aliphatic carbocycles. The van der Waals surface area contributed by atoms with Crippen LogP contribution in [0.1, 0.15) is 16.8 Å². The monoisotopic (exact) mass is 424 g/mol. The molecule has 0 aromatic heterocycles. The highest BCUT2D eigenvalue weighted by Gasteiger charge is 2.20. The summed E-state index contributed by atoms with van der Waals surface area (Å²) in [6.07, 6.45) is 1.07. The van der Waals surface area contributed by atoms with Gasteiger partial charge in [-0.25, -0.2) is 0 Å². The Kier molecular flexibility index (Phi) is 7.34. The fraction of sp³-hybridized carbons (Fsp3) is 0.222. The van der Waals surface area contributed by atoms with Crippen LogP contribution in [0, 0.1) is 0 Å². The van der Waals surface area contributed by atoms with E-state index in [1.807, 2.05) is 59.5 Å². The molecule has 6 heteroatoms. The van der Waals surface area contributed by atoms with Gasteiger partial charge in [0.25, 0.3) is 0 Å². The molecule has 0 bridgehead atoms. The highest BCUT2D eigenvalue weighted by atomic mass is 79.9. The molecule has 2 aromatic carbocycles. The second kappa shape index (κ2) is 9.25. The Morgan fingerprint density at radius 3 is 2.62 bits per heavy atom. The van der Waals surface area contributed by atoms with Crippen LogP contribution in [0.2, 0.25) is 5.02 Å². The highest BCUT2D eigenvalue weighted by Crippen LogP contribution is 2.25. The minimum absolute atomic E-state index is 0. The SMILES string of the molecule is Br.O=C(CN(C1=NCCCS1)c1cccc(Cl)c1)c1ccccc1. The molecule has 3 rings (SSSR count). The van der Waals surface area contributed by atoms with Crippen LogP contribution < -0.4 is 4.90 Å². The number of carbonyl (C=O) groups is 1. The lowest BCUT2D eigenvalue weighted by molar-refractivity contribution is 0.100. The fourth-order valence-electron chi connectivity index (χ4n) is 2.38. The maximum absolute atomic E-state index is 12.6. The third-order valence-corrected chi connectivity index (χ3v) is 4.86. The molecule has 0 spiro atoms. The van der Waals surface area contributed by atoms with Gasteiger partial charge in [-0.15, -0.1) is 17.0 Å². The van der Waals surface area contributed by atoms with Crippen LogP contribution in [-0.2, 0) is 0 Å². The number of rotatable bonds is 4. The number of amidine groups is 1. The molecule has 0 fully saturated rings. The minimum Gasteiger partial charge on any atom is -0.313 e. The summed E-state index contributed by atoms with van der Waals surface area (Å²) < 4.78 is 0. The topological polar surface area (TPSA) is 32.7 Å². The first-order valence-electron chi connectivity index (χ1n) is 7.52. The molecular weight excluding hydrogens is 408 g/mol. The van der Waals surface area contributed by atoms with E-state index >= 15 is 0 Å². The van der Waals surface area contributed by atoms with Gasteiger partial charge in [0.1, 0.15) is 0 Å². The molecule has 0 atom stereocenters. The first kappa shape index (κ1) is 19.0. The van der Waals surface area contributed by atoms with Crippen molar-refractivity contribution in [3.8, 4) is 0 Å². The zero-order valence-electron chi connectivity index (χ0n) is 13.0. The lowest BCUT2D eigenvalue weighted by Gasteiger charge is -2.27. The Morgan fingerprint density at radius 1 is 1.17 bits per heavy atom. The number of nitrogens with zero attached hydrogens (tertiary/aromatic N) is 2. The predicted octanol–water partition coefficient (Wildman–Crippen LogP) is 5.10. The van der Waals surface area contributed by atoms with Crippen molar-refractivity contribution in [3.05, 3.63) is 65.2 Å². The van der Waals surface area contributed by atoms with E-state index < -0.39 is 0 Å². The second-order valence-electron chi connectivity index (χ2n) is 5.22. The minimum atomic E-state index is 0. The summed E-state index contributed by atoms with van der Waals surface area (Å²) in [4.78, 5) is 19.2. The molecule has 3 nitrogen and oxygen atoms in total. The van der Waals surface area contributed by atoms with Gasteiger partial charge in [-0.05, 0) is 24.6 Å². The normalized spacial score (nSPS) is 13.6. The molecule has 2 aromatic rings. The van der Waals surface area contributed by atoms with Crippen molar-refractivity contribution in [1.29, 1.82) is 0 Å². The number of ketones is 1. The number of hydrogen-bond donors (Lipinski definition) is 0. The molecule has 0 unspecified atom stereocenters. The van der Waals surface area contributed by atoms with Gasteiger partial charge in [0, 0.05) is 28.6 Å². The quantitative estimate of drug-likeness (QED) is 0.639. The Bertz CT molecular complexity index is 724. The molecule has 1 aliphatic heterocycles. The molecule has 1 heterocycles. The van der Waals surface area contributed by atoms with E-state index in [0.29, 0.717) is 10.6 Å². The maximum atomic E-state index is 12.6. The van der Waals surface area contributed by atoms with Crippen LogP contribution in [-0.4, -0.2) is 29.8 Å². The van der Waals surface area contributed by atoms with Crippen molar-refractivity contribution >= 4 is 57.0 Å². The van der Waals surface area contributed by atoms with Gasteiger partial charge in [-0.3, -0.25) is 9.79 Å². The number of thioether (sulfide) groups is 1. The highest BCUT2D eigenvalue weighted by molar-refractivity contribution is 8.93. The number of benzene rings is 2. The molecule has 24 heavy (non-hydrogen) atoms. The lowest BCUT2D eigenvalue weighted by atomic mass is 10.1. The van der Waals surface area contributed by atoms with Crippen LogP contribution >= 0.6 is 40.3 Å². The van der Waals surface area contributed by atoms with Gasteiger partial charge < -0.3 is 4.90 Å². The van der Waals surface area contributed by atoms with E-state index in [4.69, 9.17) is 11.6 Å². The molecule has 0 saturated carbocycles. The summed E-state index contributed by atoms with van der Waals surface area (Å²) >= 11 is 7.81. The van der Waals surface area contributed by atoms with Crippen LogP contribution in [0.5, 0.6) is 0 Å². The van der Waals surface area contributed by atoms with Crippen LogP contribution in [0.3, 0.4) is 0 Å². The average Bonchev–Trinajstić information content (AvgIpc) is 2.61. The summed E-state index contributed by atoms with van der Waals surface area (Å²) in [5, 5.41) is 1.55. The van der Waals surface area contributed by atoms with Gasteiger partial charge in [0.2, 0.25) is 0 Å². The molecule has 126 valence electrons. The largest absolute Gasteiger partial charge is 0.313 e. The second-order valence-corrected chi connectivity index (χ2v) is 6.72. The van der Waals surface area contributed by atoms with E-state index in [2.05, 4.69) is 4.99 Å². The third kappa shape index (κ3) is 4.85. The third-order valence-electron chi connectivity index (χ3n) is 3.53. The van der Waals surface area contributed by atoms with E-state index in [9.17, 15) is 4.79 Å². The van der Waals surface area contributed by atoms with Crippen LogP contribution in [0.25, 0.3) is 0 Å². The maximum Gasteiger partial charge on any atom is 0.182 e. The van der Waals surface area contributed by atoms with E-state index in [-0.39, 0.29) is 29.3 Å². The predicted molar refractivity (Wildman–Crippen MR) is 109 cm³/mol. The first-order chi connectivity index (χ1) is 11.2. The van der Waals surface area contributed by atoms with Gasteiger partial charge in [0.05, 0.1) is 6.54 Å². The molecule has 1 aliphatic rings. The molecule has 0 N–H and O–H groups in total. The Morgan fingerprint density at radius 2 is 1.96 bits per heavy atom. The van der Waals surface area contributed by atoms with Gasteiger partial charge in [-0.1, -0.05) is 59.8 Å². The lowest BCUT2D eigenvalue weighted by Crippen LogP contribution is -2.35. The Hall–Kier alpha value is -1.30. The summed E-state index contributed by atoms with van der Waals surface area (Å²) in [6, 6.07) is 16.9. The van der Waals surface area contributed by atoms with Crippen LogP contribution in [0.15, 0.2) is 59.6 Å². The van der Waals surface area contributed by atoms with Crippen molar-refractivity contribution in [1.82, 2.24) is 0 Å². The first-order valence-corrected chi connectivity index (χ1v) is 8.89. The smallest absolute Gasteiger partial charge is 0.182 e. The Labute approximate surface area is 161 Å². The van der Waals surface area contributed by atoms with E-state index in [1.165, 1.54) is 0 Å². The molecular formula is C18H18BrClN2OS. The zero-order valence-corrected chi connectivity index (χ0v) is 16.3. The molecule has 0 saturated heterocycles.